The van der Waals surface area contributed by atoms with Crippen molar-refractivity contribution in [3.05, 3.63) is 0 Å². The molecule has 1 aliphatic carbocycles. The van der Waals surface area contributed by atoms with Crippen LogP contribution in [0.15, 0.2) is 0 Å². The van der Waals surface area contributed by atoms with E-state index < -0.39 is 0 Å². The van der Waals surface area contributed by atoms with E-state index in [0.717, 1.165) is 29.7 Å². The average Bonchev–Trinajstić information content (AvgIpc) is 2.45. The van der Waals surface area contributed by atoms with Crippen LogP contribution in [-0.4, -0.2) is 18.0 Å². The van der Waals surface area contributed by atoms with Gasteiger partial charge in [0.25, 0.3) is 0 Å². The maximum Gasteiger partial charge on any atom is 0.0608 e. The van der Waals surface area contributed by atoms with Gasteiger partial charge in [0.05, 0.1) is 12.7 Å². The Morgan fingerprint density at radius 1 is 1.14 bits per heavy atom. The van der Waals surface area contributed by atoms with Crippen molar-refractivity contribution in [3.8, 4) is 0 Å². The molecule has 0 aromatic heterocycles. The molecule has 2 heteroatoms. The maximum atomic E-state index is 6.56. The summed E-state index contributed by atoms with van der Waals surface area (Å²) in [5.74, 6) is 2.34. The summed E-state index contributed by atoms with van der Waals surface area (Å²) in [5, 5.41) is 1.08. The fourth-order valence-corrected chi connectivity index (χ4v) is 4.81. The quantitative estimate of drug-likeness (QED) is 0.429. The first-order valence-electron chi connectivity index (χ1n) is 9.15. The van der Waals surface area contributed by atoms with E-state index in [4.69, 9.17) is 4.74 Å². The fraction of sp³-hybridized carbons (Fsp3) is 1.00. The van der Waals surface area contributed by atoms with Crippen molar-refractivity contribution in [3.63, 3.8) is 0 Å². The van der Waals surface area contributed by atoms with E-state index in [1.807, 2.05) is 0 Å². The number of hydrogen-bond donors (Lipinski definition) is 0. The number of ether oxygens (including phenoxy) is 1. The Morgan fingerprint density at radius 3 is 2.24 bits per heavy atom. The van der Waals surface area contributed by atoms with Crippen LogP contribution in [0.3, 0.4) is 0 Å². The summed E-state index contributed by atoms with van der Waals surface area (Å²) in [6.45, 7) is 12.7. The lowest BCUT2D eigenvalue weighted by atomic mass is 9.75. The molecule has 0 aromatic carbocycles. The maximum absolute atomic E-state index is 6.56. The molecular formula is C19H37BrO. The van der Waals surface area contributed by atoms with E-state index in [-0.39, 0.29) is 0 Å². The largest absolute Gasteiger partial charge is 0.377 e. The summed E-state index contributed by atoms with van der Waals surface area (Å²) in [7, 11) is 0. The van der Waals surface area contributed by atoms with Crippen LogP contribution >= 0.6 is 15.9 Å². The molecule has 1 fully saturated rings. The zero-order valence-electron chi connectivity index (χ0n) is 15.0. The van der Waals surface area contributed by atoms with Gasteiger partial charge in [0.1, 0.15) is 0 Å². The first kappa shape index (κ1) is 19.5. The van der Waals surface area contributed by atoms with Gasteiger partial charge in [-0.25, -0.2) is 0 Å². The Morgan fingerprint density at radius 2 is 1.76 bits per heavy atom. The molecule has 126 valence electrons. The van der Waals surface area contributed by atoms with Crippen molar-refractivity contribution < 1.29 is 4.74 Å². The van der Waals surface area contributed by atoms with Crippen LogP contribution in [0.4, 0.5) is 0 Å². The lowest BCUT2D eigenvalue weighted by Gasteiger charge is -2.40. The molecular weight excluding hydrogens is 324 g/mol. The molecule has 3 unspecified atom stereocenters. The molecule has 21 heavy (non-hydrogen) atoms. The molecule has 0 aliphatic heterocycles. The van der Waals surface area contributed by atoms with Gasteiger partial charge in [0.15, 0.2) is 0 Å². The van der Waals surface area contributed by atoms with E-state index in [1.165, 1.54) is 44.9 Å². The zero-order valence-corrected chi connectivity index (χ0v) is 16.5. The van der Waals surface area contributed by atoms with Crippen molar-refractivity contribution >= 4 is 15.9 Å². The van der Waals surface area contributed by atoms with Gasteiger partial charge in [-0.3, -0.25) is 0 Å². The number of rotatable bonds is 9. The van der Waals surface area contributed by atoms with Gasteiger partial charge in [0, 0.05) is 10.7 Å². The van der Waals surface area contributed by atoms with Crippen LogP contribution in [-0.2, 0) is 4.74 Å². The summed E-state index contributed by atoms with van der Waals surface area (Å²) < 4.78 is 6.56. The minimum atomic E-state index is 0.353. The van der Waals surface area contributed by atoms with E-state index in [0.29, 0.717) is 11.5 Å². The van der Waals surface area contributed by atoms with Crippen molar-refractivity contribution in [1.82, 2.24) is 0 Å². The van der Waals surface area contributed by atoms with Crippen LogP contribution in [0.25, 0.3) is 0 Å². The van der Waals surface area contributed by atoms with E-state index in [1.54, 1.807) is 0 Å². The summed E-state index contributed by atoms with van der Waals surface area (Å²) in [4.78, 5) is 0. The molecule has 0 bridgehead atoms. The molecule has 1 saturated carbocycles. The fourth-order valence-electron chi connectivity index (χ4n) is 4.09. The van der Waals surface area contributed by atoms with Crippen LogP contribution in [0, 0.1) is 23.2 Å². The topological polar surface area (TPSA) is 9.23 Å². The standard InChI is InChI=1S/C19H37BrO/c1-6-10-19(13-20,11-7-2)14-21-18-12-16(5)8-9-17(18)15(3)4/h15-18H,6-14H2,1-5H3. The van der Waals surface area contributed by atoms with Gasteiger partial charge in [0.2, 0.25) is 0 Å². The summed E-state index contributed by atoms with van der Waals surface area (Å²) in [6.07, 6.45) is 9.55. The predicted octanol–water partition coefficient (Wildman–Crippen LogP) is 6.45. The third kappa shape index (κ3) is 5.86. The van der Waals surface area contributed by atoms with E-state index >= 15 is 0 Å². The normalized spacial score (nSPS) is 27.3. The molecule has 0 N–H and O–H groups in total. The van der Waals surface area contributed by atoms with Gasteiger partial charge in [-0.2, -0.15) is 0 Å². The van der Waals surface area contributed by atoms with Crippen molar-refractivity contribution in [1.29, 1.82) is 0 Å². The van der Waals surface area contributed by atoms with Gasteiger partial charge in [-0.1, -0.05) is 69.8 Å². The molecule has 0 radical (unpaired) electrons. The second kappa shape index (κ2) is 9.55. The van der Waals surface area contributed by atoms with Crippen molar-refractivity contribution in [2.45, 2.75) is 85.7 Å². The van der Waals surface area contributed by atoms with Crippen molar-refractivity contribution in [2.24, 2.45) is 23.2 Å². The summed E-state index contributed by atoms with van der Waals surface area (Å²) in [6, 6.07) is 0. The Bertz CT molecular complexity index is 271. The van der Waals surface area contributed by atoms with E-state index in [9.17, 15) is 0 Å². The lowest BCUT2D eigenvalue weighted by molar-refractivity contribution is -0.0715. The van der Waals surface area contributed by atoms with Gasteiger partial charge in [-0.15, -0.1) is 0 Å². The third-order valence-electron chi connectivity index (χ3n) is 5.41. The highest BCUT2D eigenvalue weighted by Gasteiger charge is 2.34. The lowest BCUT2D eigenvalue weighted by Crippen LogP contribution is -2.38. The first-order valence-corrected chi connectivity index (χ1v) is 10.3. The monoisotopic (exact) mass is 360 g/mol. The van der Waals surface area contributed by atoms with Gasteiger partial charge < -0.3 is 4.74 Å². The van der Waals surface area contributed by atoms with E-state index in [2.05, 4.69) is 50.5 Å². The van der Waals surface area contributed by atoms with Crippen LogP contribution in [0.2, 0.25) is 0 Å². The second-order valence-corrected chi connectivity index (χ2v) is 8.37. The SMILES string of the molecule is CCCC(CBr)(CCC)COC1CC(C)CCC1C(C)C. The number of halogens is 1. The minimum Gasteiger partial charge on any atom is -0.377 e. The molecule has 0 aromatic rings. The van der Waals surface area contributed by atoms with Gasteiger partial charge in [-0.05, 0) is 43.4 Å². The Labute approximate surface area is 141 Å². The van der Waals surface area contributed by atoms with Crippen LogP contribution in [0.1, 0.15) is 79.6 Å². The average molecular weight is 361 g/mol. The van der Waals surface area contributed by atoms with Crippen LogP contribution < -0.4 is 0 Å². The highest BCUT2D eigenvalue weighted by molar-refractivity contribution is 9.09. The Balaban J connectivity index is 2.66. The van der Waals surface area contributed by atoms with Gasteiger partial charge >= 0.3 is 0 Å². The molecule has 1 aliphatic rings. The zero-order chi connectivity index (χ0) is 15.9. The molecule has 1 nitrogen and oxygen atoms in total. The highest BCUT2D eigenvalue weighted by Crippen LogP contribution is 2.38. The second-order valence-electron chi connectivity index (χ2n) is 7.81. The molecule has 0 amide bonds. The smallest absolute Gasteiger partial charge is 0.0608 e. The van der Waals surface area contributed by atoms with Crippen LogP contribution in [0.5, 0.6) is 0 Å². The number of hydrogen-bond acceptors (Lipinski definition) is 1. The molecule has 0 saturated heterocycles. The first-order chi connectivity index (χ1) is 9.98. The summed E-state index contributed by atoms with van der Waals surface area (Å²) >= 11 is 3.78. The molecule has 1 rings (SSSR count). The molecule has 0 heterocycles. The number of alkyl halides is 1. The Kier molecular flexibility index (Phi) is 8.86. The molecule has 0 spiro atoms. The summed E-state index contributed by atoms with van der Waals surface area (Å²) in [5.41, 5.74) is 0.353. The third-order valence-corrected chi connectivity index (χ3v) is 6.60. The predicted molar refractivity (Wildman–Crippen MR) is 97.1 cm³/mol. The van der Waals surface area contributed by atoms with Crippen molar-refractivity contribution in [2.75, 3.05) is 11.9 Å². The Hall–Kier alpha value is 0.440. The molecule has 3 atom stereocenters. The highest BCUT2D eigenvalue weighted by atomic mass is 79.9. The minimum absolute atomic E-state index is 0.353.